The largest absolute Gasteiger partial charge is 0.328 e. The van der Waals surface area contributed by atoms with Crippen molar-refractivity contribution in [2.24, 2.45) is 11.7 Å². The normalized spacial score (nSPS) is 34.1. The molecule has 0 spiro atoms. The molecule has 0 saturated carbocycles. The smallest absolute Gasteiger partial charge is 0.0112 e. The van der Waals surface area contributed by atoms with E-state index in [-0.39, 0.29) is 0 Å². The number of hydrogen-bond acceptors (Lipinski definition) is 3. The quantitative estimate of drug-likeness (QED) is 0.811. The van der Waals surface area contributed by atoms with Gasteiger partial charge in [0, 0.05) is 25.2 Å². The van der Waals surface area contributed by atoms with Crippen LogP contribution in [0.25, 0.3) is 0 Å². The van der Waals surface area contributed by atoms with Gasteiger partial charge in [-0.15, -0.1) is 0 Å². The van der Waals surface area contributed by atoms with Crippen molar-refractivity contribution in [2.45, 2.75) is 51.6 Å². The first-order chi connectivity index (χ1) is 8.16. The molecular weight excluding hydrogens is 210 g/mol. The van der Waals surface area contributed by atoms with Gasteiger partial charge in [-0.25, -0.2) is 0 Å². The molecule has 100 valence electrons. The lowest BCUT2D eigenvalue weighted by atomic mass is 9.92. The zero-order chi connectivity index (χ0) is 12.3. The van der Waals surface area contributed by atoms with Crippen molar-refractivity contribution in [3.05, 3.63) is 0 Å². The van der Waals surface area contributed by atoms with Gasteiger partial charge < -0.3 is 10.6 Å². The number of nitrogens with zero attached hydrogens (tertiary/aromatic N) is 2. The van der Waals surface area contributed by atoms with Crippen LogP contribution < -0.4 is 5.73 Å². The highest BCUT2D eigenvalue weighted by Crippen LogP contribution is 2.22. The fraction of sp³-hybridized carbons (Fsp3) is 1.00. The molecule has 2 rings (SSSR count). The lowest BCUT2D eigenvalue weighted by Gasteiger charge is -2.39. The van der Waals surface area contributed by atoms with E-state index in [0.29, 0.717) is 6.04 Å². The van der Waals surface area contributed by atoms with E-state index in [2.05, 4.69) is 23.6 Å². The summed E-state index contributed by atoms with van der Waals surface area (Å²) in [6, 6.07) is 1.23. The molecule has 2 saturated heterocycles. The second kappa shape index (κ2) is 6.17. The minimum absolute atomic E-state index is 0.459. The molecular formula is C14H29N3. The summed E-state index contributed by atoms with van der Waals surface area (Å²) in [7, 11) is 0. The second-order valence-electron chi connectivity index (χ2n) is 6.08. The summed E-state index contributed by atoms with van der Waals surface area (Å²) in [5.74, 6) is 0.874. The van der Waals surface area contributed by atoms with Gasteiger partial charge in [0.1, 0.15) is 0 Å². The second-order valence-corrected chi connectivity index (χ2v) is 6.08. The molecule has 3 nitrogen and oxygen atoms in total. The van der Waals surface area contributed by atoms with Crippen LogP contribution in [-0.2, 0) is 0 Å². The molecule has 3 heteroatoms. The highest BCUT2D eigenvalue weighted by atomic mass is 15.2. The van der Waals surface area contributed by atoms with E-state index in [1.165, 1.54) is 58.4 Å². The van der Waals surface area contributed by atoms with Crippen molar-refractivity contribution in [1.29, 1.82) is 0 Å². The molecule has 0 bridgehead atoms. The monoisotopic (exact) mass is 239 g/mol. The Bertz CT molecular complexity index is 224. The third kappa shape index (κ3) is 3.67. The lowest BCUT2D eigenvalue weighted by molar-refractivity contribution is 0.0923. The van der Waals surface area contributed by atoms with E-state index in [9.17, 15) is 0 Å². The Morgan fingerprint density at radius 2 is 1.71 bits per heavy atom. The van der Waals surface area contributed by atoms with Gasteiger partial charge in [-0.1, -0.05) is 6.92 Å². The summed E-state index contributed by atoms with van der Waals surface area (Å²) in [6.07, 6.45) is 5.17. The molecule has 0 aromatic carbocycles. The van der Waals surface area contributed by atoms with Crippen molar-refractivity contribution in [3.8, 4) is 0 Å². The van der Waals surface area contributed by atoms with Crippen LogP contribution in [0.2, 0.25) is 0 Å². The molecule has 0 aliphatic carbocycles. The number of hydrogen-bond donors (Lipinski definition) is 1. The van der Waals surface area contributed by atoms with Crippen LogP contribution in [0.15, 0.2) is 0 Å². The minimum atomic E-state index is 0.459. The Morgan fingerprint density at radius 3 is 2.41 bits per heavy atom. The third-order valence-electron chi connectivity index (χ3n) is 4.84. The molecule has 17 heavy (non-hydrogen) atoms. The van der Waals surface area contributed by atoms with E-state index in [0.717, 1.165) is 12.0 Å². The SMILES string of the molecule is CC1CCCN(CCN2CCC(N)CC2)C1C. The number of rotatable bonds is 3. The minimum Gasteiger partial charge on any atom is -0.328 e. The molecule has 2 aliphatic rings. The van der Waals surface area contributed by atoms with Crippen molar-refractivity contribution in [2.75, 3.05) is 32.7 Å². The van der Waals surface area contributed by atoms with Crippen LogP contribution in [0.1, 0.15) is 39.5 Å². The molecule has 0 radical (unpaired) electrons. The molecule has 0 amide bonds. The molecule has 2 N–H and O–H groups in total. The van der Waals surface area contributed by atoms with Crippen molar-refractivity contribution < 1.29 is 0 Å². The van der Waals surface area contributed by atoms with Gasteiger partial charge in [-0.3, -0.25) is 4.90 Å². The Balaban J connectivity index is 1.70. The maximum Gasteiger partial charge on any atom is 0.0112 e. The average molecular weight is 239 g/mol. The summed E-state index contributed by atoms with van der Waals surface area (Å²) in [5, 5.41) is 0. The molecule has 2 fully saturated rings. The van der Waals surface area contributed by atoms with Crippen LogP contribution in [0, 0.1) is 5.92 Å². The topological polar surface area (TPSA) is 32.5 Å². The molecule has 0 aromatic rings. The predicted molar refractivity (Wildman–Crippen MR) is 73.1 cm³/mol. The Morgan fingerprint density at radius 1 is 1.00 bits per heavy atom. The Hall–Kier alpha value is -0.120. The van der Waals surface area contributed by atoms with E-state index >= 15 is 0 Å². The molecule has 2 atom stereocenters. The van der Waals surface area contributed by atoms with Gasteiger partial charge in [-0.2, -0.15) is 0 Å². The summed E-state index contributed by atoms with van der Waals surface area (Å²) >= 11 is 0. The maximum absolute atomic E-state index is 5.94. The van der Waals surface area contributed by atoms with Gasteiger partial charge in [0.2, 0.25) is 0 Å². The van der Waals surface area contributed by atoms with Crippen LogP contribution in [-0.4, -0.2) is 54.6 Å². The average Bonchev–Trinajstić information content (AvgIpc) is 2.33. The van der Waals surface area contributed by atoms with Crippen molar-refractivity contribution >= 4 is 0 Å². The van der Waals surface area contributed by atoms with E-state index in [1.807, 2.05) is 0 Å². The van der Waals surface area contributed by atoms with Crippen LogP contribution in [0.5, 0.6) is 0 Å². The van der Waals surface area contributed by atoms with E-state index in [1.54, 1.807) is 0 Å². The predicted octanol–water partition coefficient (Wildman–Crippen LogP) is 1.53. The Labute approximate surface area is 106 Å². The van der Waals surface area contributed by atoms with Gasteiger partial charge in [0.25, 0.3) is 0 Å². The van der Waals surface area contributed by atoms with Crippen LogP contribution in [0.3, 0.4) is 0 Å². The third-order valence-corrected chi connectivity index (χ3v) is 4.84. The summed E-state index contributed by atoms with van der Waals surface area (Å²) in [5.41, 5.74) is 5.94. The molecule has 0 aromatic heterocycles. The van der Waals surface area contributed by atoms with E-state index < -0.39 is 0 Å². The molecule has 2 aliphatic heterocycles. The first kappa shape index (κ1) is 13.3. The van der Waals surface area contributed by atoms with E-state index in [4.69, 9.17) is 5.73 Å². The van der Waals surface area contributed by atoms with Gasteiger partial charge in [-0.05, 0) is 58.2 Å². The van der Waals surface area contributed by atoms with Crippen LogP contribution >= 0.6 is 0 Å². The Kier molecular flexibility index (Phi) is 4.83. The van der Waals surface area contributed by atoms with Crippen molar-refractivity contribution in [3.63, 3.8) is 0 Å². The summed E-state index contributed by atoms with van der Waals surface area (Å²) in [4.78, 5) is 5.28. The molecule has 2 unspecified atom stereocenters. The fourth-order valence-corrected chi connectivity index (χ4v) is 3.18. The summed E-state index contributed by atoms with van der Waals surface area (Å²) in [6.45, 7) is 11.0. The number of likely N-dealkylation sites (tertiary alicyclic amines) is 2. The first-order valence-corrected chi connectivity index (χ1v) is 7.39. The highest BCUT2D eigenvalue weighted by molar-refractivity contribution is 4.80. The highest BCUT2D eigenvalue weighted by Gasteiger charge is 2.25. The van der Waals surface area contributed by atoms with Gasteiger partial charge in [0.15, 0.2) is 0 Å². The fourth-order valence-electron chi connectivity index (χ4n) is 3.18. The number of nitrogens with two attached hydrogens (primary N) is 1. The maximum atomic E-state index is 5.94. The lowest BCUT2D eigenvalue weighted by Crippen LogP contribution is -2.48. The first-order valence-electron chi connectivity index (χ1n) is 7.39. The van der Waals surface area contributed by atoms with Gasteiger partial charge in [0.05, 0.1) is 0 Å². The van der Waals surface area contributed by atoms with Gasteiger partial charge >= 0.3 is 0 Å². The summed E-state index contributed by atoms with van der Waals surface area (Å²) < 4.78 is 0. The molecule has 2 heterocycles. The van der Waals surface area contributed by atoms with Crippen LogP contribution in [0.4, 0.5) is 0 Å². The number of piperidine rings is 2. The zero-order valence-electron chi connectivity index (χ0n) is 11.6. The van der Waals surface area contributed by atoms with Crippen molar-refractivity contribution in [1.82, 2.24) is 9.80 Å². The zero-order valence-corrected chi connectivity index (χ0v) is 11.6. The standard InChI is InChI=1S/C14H29N3/c1-12-4-3-7-17(13(12)2)11-10-16-8-5-14(15)6-9-16/h12-14H,3-11,15H2,1-2H3.